The first-order valence-electron chi connectivity index (χ1n) is 5.43. The van der Waals surface area contributed by atoms with E-state index >= 15 is 0 Å². The van der Waals surface area contributed by atoms with Gasteiger partial charge in [-0.3, -0.25) is 0 Å². The van der Waals surface area contributed by atoms with Crippen LogP contribution in [-0.2, 0) is 10.0 Å². The van der Waals surface area contributed by atoms with Gasteiger partial charge in [-0.25, -0.2) is 13.1 Å². The van der Waals surface area contributed by atoms with Gasteiger partial charge in [0.2, 0.25) is 10.0 Å². The van der Waals surface area contributed by atoms with Crippen molar-refractivity contribution >= 4 is 27.3 Å². The van der Waals surface area contributed by atoms with Gasteiger partial charge in [0.05, 0.1) is 15.6 Å². The van der Waals surface area contributed by atoms with Gasteiger partial charge in [0.1, 0.15) is 0 Å². The molecule has 0 aliphatic heterocycles. The molecule has 0 saturated heterocycles. The summed E-state index contributed by atoms with van der Waals surface area (Å²) in [6.45, 7) is 4.16. The molecule has 0 fully saturated rings. The van der Waals surface area contributed by atoms with Crippen molar-refractivity contribution in [3.63, 3.8) is 0 Å². The lowest BCUT2D eigenvalue weighted by Crippen LogP contribution is -2.24. The Labute approximate surface area is 107 Å². The van der Waals surface area contributed by atoms with Crippen LogP contribution >= 0.6 is 11.6 Å². The number of nitrogens with two attached hydrogens (primary N) is 1. The fourth-order valence-corrected chi connectivity index (χ4v) is 2.69. The van der Waals surface area contributed by atoms with Gasteiger partial charge in [0, 0.05) is 6.54 Å². The number of rotatable bonds is 5. The highest BCUT2D eigenvalue weighted by Crippen LogP contribution is 2.26. The highest BCUT2D eigenvalue weighted by atomic mass is 35.5. The first kappa shape index (κ1) is 14.3. The van der Waals surface area contributed by atoms with E-state index in [9.17, 15) is 8.42 Å². The molecule has 17 heavy (non-hydrogen) atoms. The van der Waals surface area contributed by atoms with Crippen LogP contribution < -0.4 is 10.5 Å². The Morgan fingerprint density at radius 1 is 1.41 bits per heavy atom. The molecule has 0 bridgehead atoms. The molecule has 4 nitrogen and oxygen atoms in total. The highest BCUT2D eigenvalue weighted by molar-refractivity contribution is 7.89. The Kier molecular flexibility index (Phi) is 4.80. The molecule has 0 aliphatic rings. The van der Waals surface area contributed by atoms with Crippen molar-refractivity contribution in [2.75, 3.05) is 12.3 Å². The van der Waals surface area contributed by atoms with Crippen LogP contribution in [0, 0.1) is 6.92 Å². The van der Waals surface area contributed by atoms with Gasteiger partial charge in [0.15, 0.2) is 0 Å². The summed E-state index contributed by atoms with van der Waals surface area (Å²) < 4.78 is 26.3. The molecule has 0 atom stereocenters. The van der Waals surface area contributed by atoms with Crippen LogP contribution in [0.2, 0.25) is 5.02 Å². The van der Waals surface area contributed by atoms with Crippen molar-refractivity contribution in [2.24, 2.45) is 0 Å². The molecule has 1 aromatic rings. The summed E-state index contributed by atoms with van der Waals surface area (Å²) >= 11 is 5.89. The zero-order valence-corrected chi connectivity index (χ0v) is 11.5. The number of anilines is 1. The van der Waals surface area contributed by atoms with Crippen LogP contribution in [-0.4, -0.2) is 15.0 Å². The summed E-state index contributed by atoms with van der Waals surface area (Å²) in [6.07, 6.45) is 1.74. The third-order valence-corrected chi connectivity index (χ3v) is 4.35. The second-order valence-electron chi connectivity index (χ2n) is 3.89. The van der Waals surface area contributed by atoms with Crippen molar-refractivity contribution in [1.82, 2.24) is 4.72 Å². The Hall–Kier alpha value is -0.780. The first-order chi connectivity index (χ1) is 7.88. The average Bonchev–Trinajstić information content (AvgIpc) is 2.25. The molecule has 96 valence electrons. The number of unbranched alkanes of at least 4 members (excludes halogenated alkanes) is 1. The number of nitrogen functional groups attached to an aromatic ring is 1. The second-order valence-corrected chi connectivity index (χ2v) is 6.04. The fourth-order valence-electron chi connectivity index (χ4n) is 1.38. The SMILES string of the molecule is CCCCNS(=O)(=O)c1cc(C)c(Cl)c(N)c1. The molecule has 1 aromatic carbocycles. The standard InChI is InChI=1S/C11H17ClN2O2S/c1-3-4-5-14-17(15,16)9-6-8(2)11(12)10(13)7-9/h6-7,14H,3-5,13H2,1-2H3. The molecule has 1 rings (SSSR count). The van der Waals surface area contributed by atoms with E-state index in [1.807, 2.05) is 6.92 Å². The first-order valence-corrected chi connectivity index (χ1v) is 7.30. The van der Waals surface area contributed by atoms with E-state index < -0.39 is 10.0 Å². The molecule has 0 saturated carbocycles. The predicted molar refractivity (Wildman–Crippen MR) is 70.7 cm³/mol. The van der Waals surface area contributed by atoms with Crippen molar-refractivity contribution in [2.45, 2.75) is 31.6 Å². The third-order valence-electron chi connectivity index (χ3n) is 2.39. The predicted octanol–water partition coefficient (Wildman–Crippen LogP) is 2.31. The number of halogens is 1. The van der Waals surface area contributed by atoms with Crippen LogP contribution in [0.15, 0.2) is 17.0 Å². The molecular formula is C11H17ClN2O2S. The summed E-state index contributed by atoms with van der Waals surface area (Å²) in [6, 6.07) is 2.90. The van der Waals surface area contributed by atoms with E-state index in [0.29, 0.717) is 17.1 Å². The maximum atomic E-state index is 11.9. The van der Waals surface area contributed by atoms with E-state index in [1.54, 1.807) is 6.92 Å². The monoisotopic (exact) mass is 276 g/mol. The van der Waals surface area contributed by atoms with Gasteiger partial charge >= 0.3 is 0 Å². The van der Waals surface area contributed by atoms with Crippen molar-refractivity contribution in [3.05, 3.63) is 22.7 Å². The molecule has 3 N–H and O–H groups in total. The lowest BCUT2D eigenvalue weighted by atomic mass is 10.2. The molecule has 0 radical (unpaired) electrons. The minimum Gasteiger partial charge on any atom is -0.397 e. The zero-order valence-electron chi connectivity index (χ0n) is 9.96. The quantitative estimate of drug-likeness (QED) is 0.640. The normalized spacial score (nSPS) is 11.7. The molecular weight excluding hydrogens is 260 g/mol. The Bertz CT molecular complexity index is 477. The summed E-state index contributed by atoms with van der Waals surface area (Å²) in [7, 11) is -3.48. The number of hydrogen-bond acceptors (Lipinski definition) is 3. The summed E-state index contributed by atoms with van der Waals surface area (Å²) in [4.78, 5) is 0.160. The molecule has 0 aromatic heterocycles. The second kappa shape index (κ2) is 5.71. The number of hydrogen-bond donors (Lipinski definition) is 2. The molecule has 0 unspecified atom stereocenters. The topological polar surface area (TPSA) is 72.2 Å². The van der Waals surface area contributed by atoms with Crippen LogP contribution in [0.25, 0.3) is 0 Å². The van der Waals surface area contributed by atoms with Gasteiger partial charge in [-0.15, -0.1) is 0 Å². The lowest BCUT2D eigenvalue weighted by molar-refractivity contribution is 0.578. The lowest BCUT2D eigenvalue weighted by Gasteiger charge is -2.09. The number of benzene rings is 1. The van der Waals surface area contributed by atoms with E-state index in [-0.39, 0.29) is 10.6 Å². The molecule has 0 aliphatic carbocycles. The maximum Gasteiger partial charge on any atom is 0.240 e. The van der Waals surface area contributed by atoms with Crippen LogP contribution in [0.4, 0.5) is 5.69 Å². The minimum atomic E-state index is -3.48. The summed E-state index contributed by atoms with van der Waals surface area (Å²) in [5.74, 6) is 0. The number of aryl methyl sites for hydroxylation is 1. The summed E-state index contributed by atoms with van der Waals surface area (Å²) in [5.41, 5.74) is 6.58. The van der Waals surface area contributed by atoms with Crippen molar-refractivity contribution < 1.29 is 8.42 Å². The van der Waals surface area contributed by atoms with Gasteiger partial charge in [-0.1, -0.05) is 24.9 Å². The van der Waals surface area contributed by atoms with Crippen LogP contribution in [0.5, 0.6) is 0 Å². The average molecular weight is 277 g/mol. The number of nitrogens with one attached hydrogen (secondary N) is 1. The number of sulfonamides is 1. The van der Waals surface area contributed by atoms with E-state index in [0.717, 1.165) is 12.8 Å². The van der Waals surface area contributed by atoms with E-state index in [2.05, 4.69) is 4.72 Å². The van der Waals surface area contributed by atoms with E-state index in [4.69, 9.17) is 17.3 Å². The highest BCUT2D eigenvalue weighted by Gasteiger charge is 2.15. The third kappa shape index (κ3) is 3.59. The van der Waals surface area contributed by atoms with Gasteiger partial charge < -0.3 is 5.73 Å². The largest absolute Gasteiger partial charge is 0.397 e. The maximum absolute atomic E-state index is 11.9. The molecule has 0 amide bonds. The van der Waals surface area contributed by atoms with Crippen molar-refractivity contribution in [3.8, 4) is 0 Å². The smallest absolute Gasteiger partial charge is 0.240 e. The summed E-state index contributed by atoms with van der Waals surface area (Å²) in [5, 5.41) is 0.400. The fraction of sp³-hybridized carbons (Fsp3) is 0.455. The Morgan fingerprint density at radius 3 is 2.59 bits per heavy atom. The van der Waals surface area contributed by atoms with Crippen LogP contribution in [0.3, 0.4) is 0 Å². The van der Waals surface area contributed by atoms with E-state index in [1.165, 1.54) is 12.1 Å². The molecule has 6 heteroatoms. The molecule has 0 spiro atoms. The Morgan fingerprint density at radius 2 is 2.06 bits per heavy atom. The minimum absolute atomic E-state index is 0.160. The van der Waals surface area contributed by atoms with Gasteiger partial charge in [-0.2, -0.15) is 0 Å². The zero-order chi connectivity index (χ0) is 13.1. The van der Waals surface area contributed by atoms with Crippen molar-refractivity contribution in [1.29, 1.82) is 0 Å². The van der Waals surface area contributed by atoms with Gasteiger partial charge in [0.25, 0.3) is 0 Å². The Balaban J connectivity index is 2.99. The van der Waals surface area contributed by atoms with Gasteiger partial charge in [-0.05, 0) is 31.0 Å². The molecule has 0 heterocycles. The van der Waals surface area contributed by atoms with Crippen LogP contribution in [0.1, 0.15) is 25.3 Å².